The molecule has 0 spiro atoms. The van der Waals surface area contributed by atoms with Crippen LogP contribution in [0.1, 0.15) is 80.3 Å². The van der Waals surface area contributed by atoms with Crippen molar-refractivity contribution >= 4 is 79.4 Å². The van der Waals surface area contributed by atoms with E-state index in [-0.39, 0.29) is 47.2 Å². The number of hydrogen-bond donors (Lipinski definition) is 4. The molecule has 0 unspecified atom stereocenters. The third-order valence-electron chi connectivity index (χ3n) is 10.4. The van der Waals surface area contributed by atoms with Gasteiger partial charge in [-0.2, -0.15) is 10.2 Å². The van der Waals surface area contributed by atoms with Crippen LogP contribution in [0.4, 0.5) is 34.1 Å². The van der Waals surface area contributed by atoms with Crippen LogP contribution in [0.15, 0.2) is 142 Å². The normalized spacial score (nSPS) is 11.3. The van der Waals surface area contributed by atoms with Gasteiger partial charge in [-0.3, -0.25) is 9.59 Å². The molecule has 7 aromatic carbocycles. The van der Waals surface area contributed by atoms with Crippen molar-refractivity contribution < 1.29 is 38.9 Å². The number of phenolic OH excluding ortho intramolecular Hbond substituents is 2. The summed E-state index contributed by atoms with van der Waals surface area (Å²) >= 11 is 0. The first kappa shape index (κ1) is 43.8. The van der Waals surface area contributed by atoms with E-state index in [2.05, 4.69) is 31.1 Å². The van der Waals surface area contributed by atoms with E-state index in [0.29, 0.717) is 79.4 Å². The summed E-state index contributed by atoms with van der Waals surface area (Å²) in [6.07, 6.45) is 0.931. The van der Waals surface area contributed by atoms with Gasteiger partial charge in [-0.15, -0.1) is 10.2 Å². The van der Waals surface area contributed by atoms with Crippen LogP contribution in [0.2, 0.25) is 0 Å². The summed E-state index contributed by atoms with van der Waals surface area (Å²) in [7, 11) is 0. The number of amides is 2. The summed E-state index contributed by atoms with van der Waals surface area (Å²) in [4.78, 5) is 52.3. The number of carbonyl (C=O) groups excluding carboxylic acids is 4. The van der Waals surface area contributed by atoms with Gasteiger partial charge in [0.1, 0.15) is 11.4 Å². The molecule has 7 rings (SSSR count). The van der Waals surface area contributed by atoms with Crippen molar-refractivity contribution in [3.05, 3.63) is 155 Å². The monoisotopic (exact) mass is 856 g/mol. The molecule has 322 valence electrons. The predicted molar refractivity (Wildman–Crippen MR) is 245 cm³/mol. The molecule has 0 radical (unpaired) electrons. The maximum absolute atomic E-state index is 14.0. The molecule has 0 heterocycles. The van der Waals surface area contributed by atoms with E-state index in [1.165, 1.54) is 0 Å². The van der Waals surface area contributed by atoms with Gasteiger partial charge >= 0.3 is 11.9 Å². The lowest BCUT2D eigenvalue weighted by atomic mass is 10.00. The second-order valence-electron chi connectivity index (χ2n) is 14.4. The maximum atomic E-state index is 14.0. The Morgan fingerprint density at radius 3 is 1.23 bits per heavy atom. The lowest BCUT2D eigenvalue weighted by Gasteiger charge is -2.18. The van der Waals surface area contributed by atoms with Crippen molar-refractivity contribution in [2.45, 2.75) is 40.5 Å². The molecule has 2 amide bonds. The van der Waals surface area contributed by atoms with Crippen LogP contribution in [0, 0.1) is 0 Å². The zero-order valence-electron chi connectivity index (χ0n) is 35.5. The third kappa shape index (κ3) is 9.45. The predicted octanol–water partition coefficient (Wildman–Crippen LogP) is 12.2. The molecule has 0 aliphatic rings. The van der Waals surface area contributed by atoms with Crippen LogP contribution in [0.5, 0.6) is 11.5 Å². The number of aromatic hydroxyl groups is 2. The molecule has 7 aromatic rings. The number of hydrogen-bond acceptors (Lipinski definition) is 12. The molecule has 4 N–H and O–H groups in total. The first-order valence-electron chi connectivity index (χ1n) is 20.7. The first-order valence-corrected chi connectivity index (χ1v) is 20.7. The van der Waals surface area contributed by atoms with E-state index in [1.807, 2.05) is 26.0 Å². The van der Waals surface area contributed by atoms with Crippen LogP contribution in [0.25, 0.3) is 21.5 Å². The van der Waals surface area contributed by atoms with Gasteiger partial charge in [0.15, 0.2) is 11.5 Å². The second-order valence-corrected chi connectivity index (χ2v) is 14.4. The van der Waals surface area contributed by atoms with Gasteiger partial charge in [0.05, 0.1) is 46.8 Å². The molecule has 0 aromatic heterocycles. The topological polar surface area (TPSA) is 201 Å². The third-order valence-corrected chi connectivity index (χ3v) is 10.4. The Bertz CT molecular complexity index is 2780. The molecule has 0 saturated heterocycles. The number of anilines is 2. The number of aryl methyl sites for hydroxylation is 2. The number of nitrogens with zero attached hydrogens (tertiary/aromatic N) is 4. The summed E-state index contributed by atoms with van der Waals surface area (Å²) in [5.74, 6) is -2.85. The molecular formula is C50H44N6O8. The van der Waals surface area contributed by atoms with Crippen molar-refractivity contribution in [1.29, 1.82) is 0 Å². The summed E-state index contributed by atoms with van der Waals surface area (Å²) in [5, 5.41) is 48.7. The van der Waals surface area contributed by atoms with Gasteiger partial charge in [-0.25, -0.2) is 9.59 Å². The Kier molecular flexibility index (Phi) is 13.4. The summed E-state index contributed by atoms with van der Waals surface area (Å²) < 4.78 is 10.1. The number of benzene rings is 7. The fourth-order valence-corrected chi connectivity index (χ4v) is 7.04. The maximum Gasteiger partial charge on any atom is 0.338 e. The summed E-state index contributed by atoms with van der Waals surface area (Å²) in [5.41, 5.74) is 4.00. The van der Waals surface area contributed by atoms with Crippen LogP contribution in [-0.4, -0.2) is 47.2 Å². The minimum Gasteiger partial charge on any atom is -0.505 e. The Balaban J connectivity index is 1.15. The van der Waals surface area contributed by atoms with Crippen LogP contribution in [0.3, 0.4) is 0 Å². The van der Waals surface area contributed by atoms with Crippen molar-refractivity contribution in [3.8, 4) is 11.5 Å². The highest BCUT2D eigenvalue weighted by molar-refractivity contribution is 6.14. The molecule has 14 nitrogen and oxygen atoms in total. The molecule has 64 heavy (non-hydrogen) atoms. The van der Waals surface area contributed by atoms with E-state index in [0.717, 1.165) is 0 Å². The molecule has 14 heteroatoms. The molecule has 0 aliphatic carbocycles. The van der Waals surface area contributed by atoms with Gasteiger partial charge < -0.3 is 30.3 Å². The van der Waals surface area contributed by atoms with E-state index < -0.39 is 23.8 Å². The SMILES string of the molecule is CCOC(=O)c1ccc(N=Nc2c(O)c(C(=O)Nc3cc(CC)c(NC(=O)c4cc5ccccc5c(N=Nc5ccc(C(=O)OCC)cc5)c4O)cc3CC)cc3ccccc23)cc1. The molecule has 0 aliphatic heterocycles. The smallest absolute Gasteiger partial charge is 0.338 e. The minimum absolute atomic E-state index is 0.0313. The van der Waals surface area contributed by atoms with E-state index in [4.69, 9.17) is 9.47 Å². The highest BCUT2D eigenvalue weighted by Crippen LogP contribution is 2.42. The van der Waals surface area contributed by atoms with E-state index in [9.17, 15) is 29.4 Å². The highest BCUT2D eigenvalue weighted by Gasteiger charge is 2.23. The molecular weight excluding hydrogens is 813 g/mol. The fourth-order valence-electron chi connectivity index (χ4n) is 7.04. The van der Waals surface area contributed by atoms with Gasteiger partial charge in [0.2, 0.25) is 0 Å². The van der Waals surface area contributed by atoms with Crippen LogP contribution in [-0.2, 0) is 22.3 Å². The van der Waals surface area contributed by atoms with Crippen molar-refractivity contribution in [3.63, 3.8) is 0 Å². The standard InChI is InChI=1S/C50H44N6O8/c1-5-29-27-42(52-48(60)40-26-34-14-10-12-16-38(34)44(46(40)58)56-54-36-23-19-32(20-24-36)50(62)64-8-4)30(6-2)28-41(29)51-47(59)39-25-33-13-9-11-15-37(33)43(45(39)57)55-53-35-21-17-31(18-22-35)49(61)63-7-3/h9-28,57-58H,5-8H2,1-4H3,(H,51,59)(H,52,60). The Morgan fingerprint density at radius 1 is 0.500 bits per heavy atom. The molecule has 0 fully saturated rings. The summed E-state index contributed by atoms with van der Waals surface area (Å²) in [6.45, 7) is 7.76. The van der Waals surface area contributed by atoms with Gasteiger partial charge in [0.25, 0.3) is 11.8 Å². The lowest BCUT2D eigenvalue weighted by molar-refractivity contribution is 0.0517. The zero-order valence-corrected chi connectivity index (χ0v) is 35.5. The van der Waals surface area contributed by atoms with Crippen LogP contribution < -0.4 is 10.6 Å². The molecule has 0 saturated carbocycles. The Morgan fingerprint density at radius 2 is 0.875 bits per heavy atom. The van der Waals surface area contributed by atoms with Crippen molar-refractivity contribution in [2.24, 2.45) is 20.5 Å². The largest absolute Gasteiger partial charge is 0.505 e. The average Bonchev–Trinajstić information content (AvgIpc) is 3.31. The number of azo groups is 2. The minimum atomic E-state index is -0.593. The fraction of sp³-hybridized carbons (Fsp3) is 0.160. The van der Waals surface area contributed by atoms with Gasteiger partial charge in [-0.1, -0.05) is 62.4 Å². The number of nitrogens with one attached hydrogen (secondary N) is 2. The number of rotatable bonds is 14. The van der Waals surface area contributed by atoms with Crippen molar-refractivity contribution in [1.82, 2.24) is 0 Å². The number of carbonyl (C=O) groups is 4. The van der Waals surface area contributed by atoms with Crippen LogP contribution >= 0.6 is 0 Å². The number of ether oxygens (including phenoxy) is 2. The first-order chi connectivity index (χ1) is 31.0. The Labute approximate surface area is 368 Å². The molecule has 0 bridgehead atoms. The second kappa shape index (κ2) is 19.6. The van der Waals surface area contributed by atoms with Gasteiger partial charge in [0, 0.05) is 22.1 Å². The van der Waals surface area contributed by atoms with E-state index in [1.54, 1.807) is 123 Å². The van der Waals surface area contributed by atoms with E-state index >= 15 is 0 Å². The summed E-state index contributed by atoms with van der Waals surface area (Å²) in [6, 6.07) is 33.7. The number of esters is 2. The zero-order chi connectivity index (χ0) is 45.3. The van der Waals surface area contributed by atoms with Crippen molar-refractivity contribution in [2.75, 3.05) is 23.8 Å². The average molecular weight is 857 g/mol. The molecule has 0 atom stereocenters. The lowest BCUT2D eigenvalue weighted by Crippen LogP contribution is -2.16. The number of fused-ring (bicyclic) bond motifs is 2. The Hall–Kier alpha value is -8.26. The highest BCUT2D eigenvalue weighted by atomic mass is 16.5. The quantitative estimate of drug-likeness (QED) is 0.0611. The van der Waals surface area contributed by atoms with Gasteiger partial charge in [-0.05, 0) is 121 Å². The number of phenols is 2.